The predicted octanol–water partition coefficient (Wildman–Crippen LogP) is 3.39. The Hall–Kier alpha value is -2.21. The third-order valence-corrected chi connectivity index (χ3v) is 7.33. The molecule has 27 heavy (non-hydrogen) atoms. The highest BCUT2D eigenvalue weighted by Gasteiger charge is 2.58. The normalized spacial score (nSPS) is 33.6. The maximum Gasteiger partial charge on any atom is 0.270 e. The summed E-state index contributed by atoms with van der Waals surface area (Å²) in [5, 5.41) is 8.63. The van der Waals surface area contributed by atoms with Gasteiger partial charge in [-0.3, -0.25) is 14.6 Å². The second-order valence-electron chi connectivity index (χ2n) is 8.62. The number of rotatable bonds is 4. The fourth-order valence-corrected chi connectivity index (χ4v) is 6.69. The summed E-state index contributed by atoms with van der Waals surface area (Å²) >= 11 is 1.48. The van der Waals surface area contributed by atoms with Crippen LogP contribution in [0.4, 0.5) is 0 Å². The molecule has 140 valence electrons. The Morgan fingerprint density at radius 3 is 2.26 bits per heavy atom. The molecular weight excluding hydrogens is 358 g/mol. The molecule has 0 aromatic carbocycles. The smallest absolute Gasteiger partial charge is 0.270 e. The van der Waals surface area contributed by atoms with Gasteiger partial charge in [0.1, 0.15) is 5.69 Å². The van der Waals surface area contributed by atoms with Crippen LogP contribution < -0.4 is 10.6 Å². The highest BCUT2D eigenvalue weighted by atomic mass is 32.1. The van der Waals surface area contributed by atoms with Gasteiger partial charge in [-0.1, -0.05) is 12.1 Å². The Morgan fingerprint density at radius 2 is 1.67 bits per heavy atom. The largest absolute Gasteiger partial charge is 0.346 e. The van der Waals surface area contributed by atoms with Crippen LogP contribution in [0.2, 0.25) is 0 Å². The molecule has 4 aliphatic rings. The Balaban J connectivity index is 1.38. The van der Waals surface area contributed by atoms with Crippen LogP contribution in [0.3, 0.4) is 0 Å². The lowest BCUT2D eigenvalue weighted by atomic mass is 9.50. The first-order valence-electron chi connectivity index (χ1n) is 9.64. The van der Waals surface area contributed by atoms with Crippen LogP contribution in [0.15, 0.2) is 41.9 Å². The monoisotopic (exact) mass is 381 g/mol. The van der Waals surface area contributed by atoms with Crippen molar-refractivity contribution >= 4 is 23.2 Å². The number of thiophene rings is 1. The summed E-state index contributed by atoms with van der Waals surface area (Å²) in [7, 11) is 0. The molecule has 2 unspecified atom stereocenters. The minimum Gasteiger partial charge on any atom is -0.346 e. The zero-order valence-corrected chi connectivity index (χ0v) is 15.9. The minimum absolute atomic E-state index is 0.0261. The van der Waals surface area contributed by atoms with Crippen molar-refractivity contribution in [1.82, 2.24) is 15.6 Å². The van der Waals surface area contributed by atoms with E-state index in [-0.39, 0.29) is 22.9 Å². The van der Waals surface area contributed by atoms with E-state index in [1.165, 1.54) is 17.8 Å². The van der Waals surface area contributed by atoms with Crippen molar-refractivity contribution in [2.75, 3.05) is 0 Å². The maximum absolute atomic E-state index is 12.8. The molecule has 4 fully saturated rings. The van der Waals surface area contributed by atoms with Crippen molar-refractivity contribution in [1.29, 1.82) is 0 Å². The highest BCUT2D eigenvalue weighted by molar-refractivity contribution is 7.12. The van der Waals surface area contributed by atoms with Crippen LogP contribution in [-0.4, -0.2) is 27.9 Å². The van der Waals surface area contributed by atoms with E-state index < -0.39 is 0 Å². The number of nitrogens with zero attached hydrogens (tertiary/aromatic N) is 1. The number of hydrogen-bond donors (Lipinski definition) is 2. The quantitative estimate of drug-likeness (QED) is 0.853. The second-order valence-corrected chi connectivity index (χ2v) is 9.57. The van der Waals surface area contributed by atoms with Gasteiger partial charge in [0.15, 0.2) is 0 Å². The van der Waals surface area contributed by atoms with Gasteiger partial charge in [0.05, 0.1) is 4.88 Å². The summed E-state index contributed by atoms with van der Waals surface area (Å²) in [5.41, 5.74) is 0.0502. The van der Waals surface area contributed by atoms with Crippen molar-refractivity contribution in [3.8, 4) is 0 Å². The lowest BCUT2D eigenvalue weighted by molar-refractivity contribution is -0.0448. The third kappa shape index (κ3) is 3.06. The number of nitrogens with one attached hydrogen (secondary N) is 2. The number of hydrogen-bond acceptors (Lipinski definition) is 4. The molecule has 2 atom stereocenters. The van der Waals surface area contributed by atoms with Crippen LogP contribution >= 0.6 is 11.3 Å². The molecule has 6 heteroatoms. The van der Waals surface area contributed by atoms with E-state index in [9.17, 15) is 9.59 Å². The topological polar surface area (TPSA) is 71.1 Å². The molecule has 6 rings (SSSR count). The van der Waals surface area contributed by atoms with E-state index >= 15 is 0 Å². The van der Waals surface area contributed by atoms with Crippen LogP contribution in [0.5, 0.6) is 0 Å². The van der Waals surface area contributed by atoms with Crippen molar-refractivity contribution in [2.24, 2.45) is 11.8 Å². The average Bonchev–Trinajstić information content (AvgIpc) is 3.15. The minimum atomic E-state index is -0.221. The number of pyridine rings is 1. The van der Waals surface area contributed by atoms with Gasteiger partial charge < -0.3 is 10.6 Å². The Labute approximate surface area is 162 Å². The number of carbonyl (C=O) groups excluding carboxylic acids is 2. The SMILES string of the molecule is O=C(NC12CC3CC(C1)CC(NC(=O)c1cccs1)(C3)C2)c1ccccn1. The molecule has 4 saturated carbocycles. The molecule has 0 aliphatic heterocycles. The van der Waals surface area contributed by atoms with Crippen molar-refractivity contribution in [3.05, 3.63) is 52.5 Å². The first-order chi connectivity index (χ1) is 13.0. The average molecular weight is 382 g/mol. The number of carbonyl (C=O) groups is 2. The summed E-state index contributed by atoms with van der Waals surface area (Å²) in [6.07, 6.45) is 7.78. The molecule has 2 N–H and O–H groups in total. The molecule has 2 aromatic heterocycles. The number of aromatic nitrogens is 1. The third-order valence-electron chi connectivity index (χ3n) is 6.46. The van der Waals surface area contributed by atoms with E-state index in [4.69, 9.17) is 0 Å². The van der Waals surface area contributed by atoms with Gasteiger partial charge in [-0.15, -0.1) is 11.3 Å². The molecule has 0 saturated heterocycles. The molecule has 2 heterocycles. The first kappa shape index (κ1) is 16.9. The second kappa shape index (κ2) is 6.16. The van der Waals surface area contributed by atoms with Crippen LogP contribution in [0, 0.1) is 11.8 Å². The zero-order chi connectivity index (χ0) is 18.5. The summed E-state index contributed by atoms with van der Waals surface area (Å²) in [6, 6.07) is 9.19. The standard InChI is InChI=1S/C21H23N3O2S/c25-18(16-4-1-2-6-22-16)23-20-9-14-8-15(10-20)12-21(11-14,13-20)24-19(26)17-5-3-7-27-17/h1-7,14-15H,8-13H2,(H,23,25)(H,24,26). The maximum atomic E-state index is 12.8. The van der Waals surface area contributed by atoms with E-state index in [0.717, 1.165) is 37.0 Å². The molecule has 0 spiro atoms. The molecule has 5 nitrogen and oxygen atoms in total. The summed E-state index contributed by atoms with van der Waals surface area (Å²) in [5.74, 6) is 1.06. The van der Waals surface area contributed by atoms with Gasteiger partial charge in [0, 0.05) is 17.3 Å². The lowest BCUT2D eigenvalue weighted by Crippen LogP contribution is -2.69. The summed E-state index contributed by atoms with van der Waals surface area (Å²) in [4.78, 5) is 30.5. The first-order valence-corrected chi connectivity index (χ1v) is 10.5. The molecule has 2 aromatic rings. The molecular formula is C21H23N3O2S. The molecule has 4 bridgehead atoms. The van der Waals surface area contributed by atoms with E-state index in [2.05, 4.69) is 15.6 Å². The van der Waals surface area contributed by atoms with Gasteiger partial charge in [-0.05, 0) is 73.9 Å². The Bertz CT molecular complexity index is 851. The van der Waals surface area contributed by atoms with Crippen LogP contribution in [0.1, 0.15) is 58.7 Å². The predicted molar refractivity (Wildman–Crippen MR) is 104 cm³/mol. The highest BCUT2D eigenvalue weighted by Crippen LogP contribution is 2.57. The Kier molecular flexibility index (Phi) is 3.86. The van der Waals surface area contributed by atoms with Gasteiger partial charge in [-0.25, -0.2) is 0 Å². The lowest BCUT2D eigenvalue weighted by Gasteiger charge is -2.62. The van der Waals surface area contributed by atoms with Gasteiger partial charge in [0.2, 0.25) is 0 Å². The summed E-state index contributed by atoms with van der Waals surface area (Å²) < 4.78 is 0. The van der Waals surface area contributed by atoms with Crippen molar-refractivity contribution in [3.63, 3.8) is 0 Å². The van der Waals surface area contributed by atoms with Gasteiger partial charge >= 0.3 is 0 Å². The van der Waals surface area contributed by atoms with E-state index in [1.807, 2.05) is 29.6 Å². The molecule has 4 aliphatic carbocycles. The number of amides is 2. The van der Waals surface area contributed by atoms with Gasteiger partial charge in [0.25, 0.3) is 11.8 Å². The summed E-state index contributed by atoms with van der Waals surface area (Å²) in [6.45, 7) is 0. The van der Waals surface area contributed by atoms with E-state index in [1.54, 1.807) is 12.3 Å². The fraction of sp³-hybridized carbons (Fsp3) is 0.476. The molecule has 2 amide bonds. The van der Waals surface area contributed by atoms with Crippen molar-refractivity contribution in [2.45, 2.75) is 49.6 Å². The van der Waals surface area contributed by atoms with E-state index in [0.29, 0.717) is 17.5 Å². The zero-order valence-electron chi connectivity index (χ0n) is 15.1. The van der Waals surface area contributed by atoms with Gasteiger partial charge in [-0.2, -0.15) is 0 Å². The fourth-order valence-electron chi connectivity index (χ4n) is 6.07. The molecule has 0 radical (unpaired) electrons. The Morgan fingerprint density at radius 1 is 0.963 bits per heavy atom. The van der Waals surface area contributed by atoms with Crippen LogP contribution in [-0.2, 0) is 0 Å². The van der Waals surface area contributed by atoms with Crippen molar-refractivity contribution < 1.29 is 9.59 Å². The van der Waals surface area contributed by atoms with Crippen LogP contribution in [0.25, 0.3) is 0 Å².